The van der Waals surface area contributed by atoms with Gasteiger partial charge in [0.2, 0.25) is 0 Å². The molecule has 0 unspecified atom stereocenters. The molecule has 0 spiro atoms. The molecule has 0 atom stereocenters. The first-order valence-electron chi connectivity index (χ1n) is 5.18. The van der Waals surface area contributed by atoms with Crippen LogP contribution in [0.25, 0.3) is 5.57 Å². The molecule has 0 amide bonds. The molecule has 0 heterocycles. The Hall–Kier alpha value is -1.57. The largest absolute Gasteiger partial charge is 0.462 e. The monoisotopic (exact) mass is 204 g/mol. The SMILES string of the molecule is CC=C(C(=O)OCCC)c1ccccc1. The van der Waals surface area contributed by atoms with Crippen LogP contribution < -0.4 is 0 Å². The van der Waals surface area contributed by atoms with E-state index in [0.717, 1.165) is 12.0 Å². The van der Waals surface area contributed by atoms with E-state index in [0.29, 0.717) is 12.2 Å². The highest BCUT2D eigenvalue weighted by molar-refractivity contribution is 6.16. The van der Waals surface area contributed by atoms with Crippen molar-refractivity contribution in [1.29, 1.82) is 0 Å². The summed E-state index contributed by atoms with van der Waals surface area (Å²) in [5, 5.41) is 0. The normalized spacial score (nSPS) is 11.2. The van der Waals surface area contributed by atoms with Gasteiger partial charge in [-0.15, -0.1) is 0 Å². The number of carbonyl (C=O) groups excluding carboxylic acids is 1. The lowest BCUT2D eigenvalue weighted by Gasteiger charge is -2.06. The first kappa shape index (κ1) is 11.5. The van der Waals surface area contributed by atoms with Crippen LogP contribution in [-0.2, 0) is 9.53 Å². The Labute approximate surface area is 90.6 Å². The average molecular weight is 204 g/mol. The number of allylic oxidation sites excluding steroid dienone is 1. The molecule has 0 saturated carbocycles. The lowest BCUT2D eigenvalue weighted by Crippen LogP contribution is -2.07. The second kappa shape index (κ2) is 6.02. The first-order chi connectivity index (χ1) is 7.29. The highest BCUT2D eigenvalue weighted by Gasteiger charge is 2.11. The molecular weight excluding hydrogens is 188 g/mol. The summed E-state index contributed by atoms with van der Waals surface area (Å²) >= 11 is 0. The van der Waals surface area contributed by atoms with E-state index in [1.807, 2.05) is 44.2 Å². The zero-order valence-corrected chi connectivity index (χ0v) is 9.19. The molecule has 0 saturated heterocycles. The van der Waals surface area contributed by atoms with Crippen LogP contribution in [0.4, 0.5) is 0 Å². The number of esters is 1. The van der Waals surface area contributed by atoms with E-state index in [2.05, 4.69) is 0 Å². The third kappa shape index (κ3) is 3.24. The average Bonchev–Trinajstić information content (AvgIpc) is 2.29. The highest BCUT2D eigenvalue weighted by Crippen LogP contribution is 2.15. The first-order valence-corrected chi connectivity index (χ1v) is 5.18. The maximum Gasteiger partial charge on any atom is 0.338 e. The molecular formula is C13H16O2. The summed E-state index contributed by atoms with van der Waals surface area (Å²) in [4.78, 5) is 11.6. The zero-order chi connectivity index (χ0) is 11.1. The topological polar surface area (TPSA) is 26.3 Å². The molecule has 0 aromatic heterocycles. The molecule has 1 aromatic carbocycles. The zero-order valence-electron chi connectivity index (χ0n) is 9.19. The molecule has 0 aliphatic carbocycles. The summed E-state index contributed by atoms with van der Waals surface area (Å²) in [6, 6.07) is 9.55. The van der Waals surface area contributed by atoms with E-state index < -0.39 is 0 Å². The van der Waals surface area contributed by atoms with Crippen molar-refractivity contribution in [2.24, 2.45) is 0 Å². The standard InChI is InChI=1S/C13H16O2/c1-3-10-15-13(14)12(4-2)11-8-6-5-7-9-11/h4-9H,3,10H2,1-2H3. The summed E-state index contributed by atoms with van der Waals surface area (Å²) in [5.41, 5.74) is 1.53. The lowest BCUT2D eigenvalue weighted by molar-refractivity contribution is -0.136. The van der Waals surface area contributed by atoms with Crippen molar-refractivity contribution in [2.45, 2.75) is 20.3 Å². The minimum Gasteiger partial charge on any atom is -0.462 e. The van der Waals surface area contributed by atoms with Gasteiger partial charge in [0, 0.05) is 0 Å². The predicted molar refractivity (Wildman–Crippen MR) is 61.3 cm³/mol. The van der Waals surface area contributed by atoms with Crippen LogP contribution in [0.5, 0.6) is 0 Å². The van der Waals surface area contributed by atoms with Crippen molar-refractivity contribution in [1.82, 2.24) is 0 Å². The summed E-state index contributed by atoms with van der Waals surface area (Å²) in [6.07, 6.45) is 2.63. The summed E-state index contributed by atoms with van der Waals surface area (Å²) < 4.78 is 5.09. The van der Waals surface area contributed by atoms with E-state index in [9.17, 15) is 4.79 Å². The maximum atomic E-state index is 11.6. The van der Waals surface area contributed by atoms with Crippen LogP contribution in [0.15, 0.2) is 36.4 Å². The van der Waals surface area contributed by atoms with Gasteiger partial charge in [-0.25, -0.2) is 4.79 Å². The predicted octanol–water partition coefficient (Wildman–Crippen LogP) is 3.04. The number of hydrogen-bond acceptors (Lipinski definition) is 2. The van der Waals surface area contributed by atoms with Gasteiger partial charge < -0.3 is 4.74 Å². The Kier molecular flexibility index (Phi) is 4.61. The molecule has 1 rings (SSSR count). The lowest BCUT2D eigenvalue weighted by atomic mass is 10.1. The van der Waals surface area contributed by atoms with Crippen molar-refractivity contribution < 1.29 is 9.53 Å². The van der Waals surface area contributed by atoms with Gasteiger partial charge in [0.1, 0.15) is 0 Å². The summed E-state index contributed by atoms with van der Waals surface area (Å²) in [5.74, 6) is -0.245. The molecule has 0 N–H and O–H groups in total. The summed E-state index contributed by atoms with van der Waals surface area (Å²) in [7, 11) is 0. The molecule has 0 radical (unpaired) electrons. The molecule has 0 bridgehead atoms. The van der Waals surface area contributed by atoms with Crippen molar-refractivity contribution in [3.8, 4) is 0 Å². The van der Waals surface area contributed by atoms with E-state index >= 15 is 0 Å². The second-order valence-electron chi connectivity index (χ2n) is 3.20. The van der Waals surface area contributed by atoms with Crippen LogP contribution >= 0.6 is 0 Å². The minimum absolute atomic E-state index is 0.245. The quantitative estimate of drug-likeness (QED) is 0.556. The van der Waals surface area contributed by atoms with Crippen molar-refractivity contribution in [3.63, 3.8) is 0 Å². The Bertz CT molecular complexity index is 339. The van der Waals surface area contributed by atoms with E-state index in [1.54, 1.807) is 6.08 Å². The van der Waals surface area contributed by atoms with Gasteiger partial charge in [0.15, 0.2) is 0 Å². The number of rotatable bonds is 4. The number of ether oxygens (including phenoxy) is 1. The molecule has 2 nitrogen and oxygen atoms in total. The van der Waals surface area contributed by atoms with Gasteiger partial charge in [0.05, 0.1) is 12.2 Å². The van der Waals surface area contributed by atoms with Crippen molar-refractivity contribution in [3.05, 3.63) is 42.0 Å². The third-order valence-electron chi connectivity index (χ3n) is 2.03. The van der Waals surface area contributed by atoms with Crippen molar-refractivity contribution >= 4 is 11.5 Å². The van der Waals surface area contributed by atoms with E-state index in [4.69, 9.17) is 4.74 Å². The summed E-state index contributed by atoms with van der Waals surface area (Å²) in [6.45, 7) is 4.30. The van der Waals surface area contributed by atoms with Crippen LogP contribution in [0.1, 0.15) is 25.8 Å². The molecule has 15 heavy (non-hydrogen) atoms. The molecule has 80 valence electrons. The minimum atomic E-state index is -0.245. The fourth-order valence-corrected chi connectivity index (χ4v) is 1.29. The Morgan fingerprint density at radius 2 is 2.00 bits per heavy atom. The van der Waals surface area contributed by atoms with Gasteiger partial charge in [-0.05, 0) is 18.9 Å². The van der Waals surface area contributed by atoms with E-state index in [1.165, 1.54) is 0 Å². The van der Waals surface area contributed by atoms with Gasteiger partial charge >= 0.3 is 5.97 Å². The van der Waals surface area contributed by atoms with E-state index in [-0.39, 0.29) is 5.97 Å². The van der Waals surface area contributed by atoms with Crippen molar-refractivity contribution in [2.75, 3.05) is 6.61 Å². The van der Waals surface area contributed by atoms with Gasteiger partial charge in [-0.3, -0.25) is 0 Å². The number of hydrogen-bond donors (Lipinski definition) is 0. The van der Waals surface area contributed by atoms with Gasteiger partial charge in [-0.1, -0.05) is 43.3 Å². The smallest absolute Gasteiger partial charge is 0.338 e. The Balaban J connectivity index is 2.78. The molecule has 1 aromatic rings. The molecule has 0 fully saturated rings. The highest BCUT2D eigenvalue weighted by atomic mass is 16.5. The molecule has 0 aliphatic rings. The fraction of sp³-hybridized carbons (Fsp3) is 0.308. The van der Waals surface area contributed by atoms with Crippen LogP contribution in [-0.4, -0.2) is 12.6 Å². The third-order valence-corrected chi connectivity index (χ3v) is 2.03. The number of carbonyl (C=O) groups is 1. The fourth-order valence-electron chi connectivity index (χ4n) is 1.29. The van der Waals surface area contributed by atoms with Gasteiger partial charge in [-0.2, -0.15) is 0 Å². The number of benzene rings is 1. The Morgan fingerprint density at radius 1 is 1.33 bits per heavy atom. The van der Waals surface area contributed by atoms with Crippen LogP contribution in [0.2, 0.25) is 0 Å². The van der Waals surface area contributed by atoms with Crippen LogP contribution in [0.3, 0.4) is 0 Å². The molecule has 2 heteroatoms. The molecule has 0 aliphatic heterocycles. The second-order valence-corrected chi connectivity index (χ2v) is 3.20. The van der Waals surface area contributed by atoms with Gasteiger partial charge in [0.25, 0.3) is 0 Å². The van der Waals surface area contributed by atoms with Crippen LogP contribution in [0, 0.1) is 0 Å². The Morgan fingerprint density at radius 3 is 2.53 bits per heavy atom. The maximum absolute atomic E-state index is 11.6.